The molecule has 0 spiro atoms. The van der Waals surface area contributed by atoms with Crippen LogP contribution in [0.15, 0.2) is 36.5 Å². The molecule has 4 N–H and O–H groups in total. The van der Waals surface area contributed by atoms with Crippen molar-refractivity contribution in [2.75, 3.05) is 6.61 Å². The van der Waals surface area contributed by atoms with Gasteiger partial charge in [-0.25, -0.2) is 0 Å². The van der Waals surface area contributed by atoms with Crippen LogP contribution in [0.25, 0.3) is 0 Å². The number of carbonyl (C=O) groups is 1. The average molecular weight is 788 g/mol. The maximum Gasteiger partial charge on any atom is 0.249 e. The zero-order valence-corrected chi connectivity index (χ0v) is 37.5. The van der Waals surface area contributed by atoms with Crippen molar-refractivity contribution in [2.45, 2.75) is 276 Å². The number of rotatable bonds is 45. The molecule has 5 nitrogen and oxygen atoms in total. The van der Waals surface area contributed by atoms with E-state index in [0.717, 1.165) is 38.5 Å². The summed E-state index contributed by atoms with van der Waals surface area (Å²) in [6, 6.07) is -0.814. The average Bonchev–Trinajstić information content (AvgIpc) is 3.20. The minimum atomic E-state index is -1.11. The van der Waals surface area contributed by atoms with Crippen LogP contribution in [-0.2, 0) is 4.79 Å². The van der Waals surface area contributed by atoms with Gasteiger partial charge in [0.1, 0.15) is 6.10 Å². The molecule has 0 aliphatic rings. The second kappa shape index (κ2) is 46.3. The molecule has 0 heterocycles. The number of hydrogen-bond donors (Lipinski definition) is 4. The summed E-state index contributed by atoms with van der Waals surface area (Å²) in [5.74, 6) is -0.512. The molecule has 0 aliphatic heterocycles. The minimum Gasteiger partial charge on any atom is -0.394 e. The number of allylic oxidation sites excluding steroid dienone is 5. The number of aliphatic hydroxyl groups excluding tert-OH is 3. The molecule has 0 radical (unpaired) electrons. The van der Waals surface area contributed by atoms with Crippen LogP contribution in [0.4, 0.5) is 0 Å². The highest BCUT2D eigenvalue weighted by Crippen LogP contribution is 2.16. The van der Waals surface area contributed by atoms with Crippen molar-refractivity contribution in [3.05, 3.63) is 36.5 Å². The molecule has 0 aromatic rings. The van der Waals surface area contributed by atoms with Gasteiger partial charge < -0.3 is 20.6 Å². The lowest BCUT2D eigenvalue weighted by atomic mass is 10.0. The van der Waals surface area contributed by atoms with Gasteiger partial charge in [0.15, 0.2) is 0 Å². The zero-order chi connectivity index (χ0) is 40.8. The lowest BCUT2D eigenvalue weighted by Gasteiger charge is -2.21. The highest BCUT2D eigenvalue weighted by molar-refractivity contribution is 5.80. The van der Waals surface area contributed by atoms with E-state index in [2.05, 4.69) is 43.5 Å². The second-order valence-electron chi connectivity index (χ2n) is 17.0. The topological polar surface area (TPSA) is 89.8 Å². The SMILES string of the molecule is CCCCCCCCCCC/C=C/CC/C=C/C(O)C(CO)NC(=O)C(O)CCCCCCCCCCCCC/C=C\CCCCCCCCCCCCCC. The Kier molecular flexibility index (Phi) is 45.1. The molecule has 0 aliphatic carbocycles. The maximum atomic E-state index is 12.5. The van der Waals surface area contributed by atoms with Crippen LogP contribution in [-0.4, -0.2) is 46.1 Å². The molecule has 0 fully saturated rings. The van der Waals surface area contributed by atoms with Crippen molar-refractivity contribution in [1.82, 2.24) is 5.32 Å². The molecule has 0 bridgehead atoms. The van der Waals surface area contributed by atoms with Crippen molar-refractivity contribution < 1.29 is 20.1 Å². The molecule has 0 saturated carbocycles. The van der Waals surface area contributed by atoms with E-state index in [-0.39, 0.29) is 6.61 Å². The van der Waals surface area contributed by atoms with Crippen LogP contribution < -0.4 is 5.32 Å². The number of nitrogens with one attached hydrogen (secondary N) is 1. The Morgan fingerprint density at radius 2 is 0.732 bits per heavy atom. The molecule has 0 aromatic heterocycles. The number of amides is 1. The first-order chi connectivity index (χ1) is 27.6. The monoisotopic (exact) mass is 788 g/mol. The predicted octanol–water partition coefficient (Wildman–Crippen LogP) is 14.7. The summed E-state index contributed by atoms with van der Waals surface area (Å²) in [5, 5.41) is 33.2. The van der Waals surface area contributed by atoms with Gasteiger partial charge in [-0.2, -0.15) is 0 Å². The third kappa shape index (κ3) is 40.8. The fourth-order valence-electron chi connectivity index (χ4n) is 7.55. The van der Waals surface area contributed by atoms with Crippen LogP contribution in [0.1, 0.15) is 258 Å². The van der Waals surface area contributed by atoms with E-state index in [9.17, 15) is 20.1 Å². The number of aliphatic hydroxyl groups is 3. The van der Waals surface area contributed by atoms with Crippen LogP contribution in [0, 0.1) is 0 Å². The molecule has 0 rings (SSSR count). The first-order valence-corrected chi connectivity index (χ1v) is 24.8. The summed E-state index contributed by atoms with van der Waals surface area (Å²) in [6.45, 7) is 4.18. The van der Waals surface area contributed by atoms with Gasteiger partial charge in [0.2, 0.25) is 5.91 Å². The highest BCUT2D eigenvalue weighted by atomic mass is 16.3. The van der Waals surface area contributed by atoms with Crippen molar-refractivity contribution >= 4 is 5.91 Å². The fourth-order valence-corrected chi connectivity index (χ4v) is 7.55. The number of carbonyl (C=O) groups excluding carboxylic acids is 1. The third-order valence-electron chi connectivity index (χ3n) is 11.5. The quantitative estimate of drug-likeness (QED) is 0.0365. The van der Waals surface area contributed by atoms with Crippen LogP contribution in [0.2, 0.25) is 0 Å². The molecule has 0 aromatic carbocycles. The van der Waals surface area contributed by atoms with E-state index >= 15 is 0 Å². The van der Waals surface area contributed by atoms with Gasteiger partial charge >= 0.3 is 0 Å². The summed E-state index contributed by atoms with van der Waals surface area (Å²) in [6.07, 6.45) is 59.2. The first kappa shape index (κ1) is 54.6. The third-order valence-corrected chi connectivity index (χ3v) is 11.5. The molecule has 0 saturated heterocycles. The first-order valence-electron chi connectivity index (χ1n) is 24.8. The van der Waals surface area contributed by atoms with Gasteiger partial charge in [0.25, 0.3) is 0 Å². The summed E-state index contributed by atoms with van der Waals surface area (Å²) < 4.78 is 0. The minimum absolute atomic E-state index is 0.375. The van der Waals surface area contributed by atoms with Crippen molar-refractivity contribution in [3.63, 3.8) is 0 Å². The van der Waals surface area contributed by atoms with E-state index in [1.54, 1.807) is 6.08 Å². The lowest BCUT2D eigenvalue weighted by Crippen LogP contribution is -2.48. The fraction of sp³-hybridized carbons (Fsp3) is 0.863. The van der Waals surface area contributed by atoms with Gasteiger partial charge in [0, 0.05) is 0 Å². The number of unbranched alkanes of at least 4 members (excludes halogenated alkanes) is 33. The van der Waals surface area contributed by atoms with Crippen molar-refractivity contribution in [2.24, 2.45) is 0 Å². The molecule has 3 unspecified atom stereocenters. The summed E-state index contributed by atoms with van der Waals surface area (Å²) in [5.41, 5.74) is 0. The Morgan fingerprint density at radius 1 is 0.429 bits per heavy atom. The molecule has 1 amide bonds. The Morgan fingerprint density at radius 3 is 1.09 bits per heavy atom. The van der Waals surface area contributed by atoms with Gasteiger partial charge in [-0.15, -0.1) is 0 Å². The second-order valence-corrected chi connectivity index (χ2v) is 17.0. The Hall–Kier alpha value is -1.43. The van der Waals surface area contributed by atoms with E-state index in [0.29, 0.717) is 6.42 Å². The van der Waals surface area contributed by atoms with E-state index < -0.39 is 24.2 Å². The van der Waals surface area contributed by atoms with Gasteiger partial charge in [0.05, 0.1) is 18.8 Å². The van der Waals surface area contributed by atoms with Crippen molar-refractivity contribution in [1.29, 1.82) is 0 Å². The van der Waals surface area contributed by atoms with Crippen LogP contribution >= 0.6 is 0 Å². The molecular formula is C51H97NO4. The molecule has 3 atom stereocenters. The summed E-state index contributed by atoms with van der Waals surface area (Å²) in [7, 11) is 0. The Balaban J connectivity index is 3.61. The predicted molar refractivity (Wildman–Crippen MR) is 245 cm³/mol. The van der Waals surface area contributed by atoms with Crippen molar-refractivity contribution in [3.8, 4) is 0 Å². The molecule has 56 heavy (non-hydrogen) atoms. The maximum absolute atomic E-state index is 12.5. The smallest absolute Gasteiger partial charge is 0.249 e. The van der Waals surface area contributed by atoms with E-state index in [1.807, 2.05) is 6.08 Å². The lowest BCUT2D eigenvalue weighted by molar-refractivity contribution is -0.131. The Labute approximate surface area is 349 Å². The van der Waals surface area contributed by atoms with Crippen LogP contribution in [0.3, 0.4) is 0 Å². The van der Waals surface area contributed by atoms with E-state index in [4.69, 9.17) is 0 Å². The summed E-state index contributed by atoms with van der Waals surface area (Å²) >= 11 is 0. The largest absolute Gasteiger partial charge is 0.394 e. The van der Waals surface area contributed by atoms with E-state index in [1.165, 1.54) is 199 Å². The normalized spacial score (nSPS) is 13.7. The molecule has 330 valence electrons. The Bertz CT molecular complexity index is 870. The van der Waals surface area contributed by atoms with Crippen LogP contribution in [0.5, 0.6) is 0 Å². The number of hydrogen-bond acceptors (Lipinski definition) is 4. The van der Waals surface area contributed by atoms with Gasteiger partial charge in [-0.1, -0.05) is 237 Å². The summed E-state index contributed by atoms with van der Waals surface area (Å²) in [4.78, 5) is 12.5. The van der Waals surface area contributed by atoms with Gasteiger partial charge in [-0.3, -0.25) is 4.79 Å². The molecule has 5 heteroatoms. The highest BCUT2D eigenvalue weighted by Gasteiger charge is 2.22. The standard InChI is InChI=1S/C51H97NO4/c1-3-5-7-9-11-13-15-17-19-20-21-22-23-24-25-26-27-28-29-30-32-34-36-38-40-42-44-46-50(55)51(56)52-48(47-53)49(54)45-43-41-39-37-35-33-31-18-16-14-12-10-8-6-4-2/h24-25,35,37,43,45,48-50,53-55H,3-23,26-34,36,38-42,44,46-47H2,1-2H3,(H,52,56)/b25-24-,37-35+,45-43+. The van der Waals surface area contributed by atoms with Gasteiger partial charge in [-0.05, 0) is 57.8 Å². The molecular weight excluding hydrogens is 691 g/mol. The zero-order valence-electron chi connectivity index (χ0n) is 37.5.